The molecule has 0 saturated carbocycles. The Hall–Kier alpha value is -1.69. The van der Waals surface area contributed by atoms with Gasteiger partial charge in [0.05, 0.1) is 19.0 Å². The summed E-state index contributed by atoms with van der Waals surface area (Å²) in [4.78, 5) is 19.9. The zero-order chi connectivity index (χ0) is 14.1. The predicted octanol–water partition coefficient (Wildman–Crippen LogP) is 1.31. The number of nitrogens with one attached hydrogen (secondary N) is 2. The lowest BCUT2D eigenvalue weighted by molar-refractivity contribution is 0.0946. The maximum Gasteiger partial charge on any atom is 0.271 e. The standard InChI is InChI=1S/C13H22N4O2/c1-10(2)4-5-15-13(18)11-8-17-12(9-16-11)14-6-7-19-3/h8-10H,4-7H2,1-3H3,(H,14,17)(H,15,18). The van der Waals surface area contributed by atoms with Gasteiger partial charge in [0, 0.05) is 20.2 Å². The first-order valence-electron chi connectivity index (χ1n) is 6.46. The minimum absolute atomic E-state index is 0.184. The summed E-state index contributed by atoms with van der Waals surface area (Å²) >= 11 is 0. The number of nitrogens with zero attached hydrogens (tertiary/aromatic N) is 2. The van der Waals surface area contributed by atoms with Crippen LogP contribution in [0.4, 0.5) is 5.82 Å². The Labute approximate surface area is 114 Å². The zero-order valence-electron chi connectivity index (χ0n) is 11.8. The van der Waals surface area contributed by atoms with Crippen LogP contribution in [0.3, 0.4) is 0 Å². The summed E-state index contributed by atoms with van der Waals surface area (Å²) in [7, 11) is 1.64. The van der Waals surface area contributed by atoms with Gasteiger partial charge in [-0.25, -0.2) is 9.97 Å². The largest absolute Gasteiger partial charge is 0.383 e. The van der Waals surface area contributed by atoms with Gasteiger partial charge in [0.15, 0.2) is 0 Å². The van der Waals surface area contributed by atoms with E-state index in [1.54, 1.807) is 13.3 Å². The van der Waals surface area contributed by atoms with Crippen molar-refractivity contribution in [2.75, 3.05) is 32.1 Å². The van der Waals surface area contributed by atoms with Crippen molar-refractivity contribution < 1.29 is 9.53 Å². The van der Waals surface area contributed by atoms with Gasteiger partial charge in [-0.15, -0.1) is 0 Å². The fourth-order valence-corrected chi connectivity index (χ4v) is 1.38. The molecule has 6 heteroatoms. The van der Waals surface area contributed by atoms with E-state index in [-0.39, 0.29) is 5.91 Å². The molecule has 0 aliphatic heterocycles. The molecule has 0 aliphatic rings. The first-order chi connectivity index (χ1) is 9.13. The van der Waals surface area contributed by atoms with Crippen LogP contribution in [0.2, 0.25) is 0 Å². The molecule has 1 aromatic rings. The minimum atomic E-state index is -0.184. The number of carbonyl (C=O) groups excluding carboxylic acids is 1. The molecule has 1 heterocycles. The molecule has 1 rings (SSSR count). The van der Waals surface area contributed by atoms with Gasteiger partial charge in [-0.3, -0.25) is 4.79 Å². The van der Waals surface area contributed by atoms with Crippen LogP contribution in [0, 0.1) is 5.92 Å². The molecule has 0 aliphatic carbocycles. The van der Waals surface area contributed by atoms with Crippen LogP contribution in [0.5, 0.6) is 0 Å². The van der Waals surface area contributed by atoms with Gasteiger partial charge in [0.1, 0.15) is 11.5 Å². The molecule has 2 N–H and O–H groups in total. The van der Waals surface area contributed by atoms with Crippen LogP contribution in [-0.2, 0) is 4.74 Å². The number of hydrogen-bond donors (Lipinski definition) is 2. The second-order valence-electron chi connectivity index (χ2n) is 4.64. The maximum absolute atomic E-state index is 11.7. The minimum Gasteiger partial charge on any atom is -0.383 e. The van der Waals surface area contributed by atoms with Crippen LogP contribution in [0.15, 0.2) is 12.4 Å². The second kappa shape index (κ2) is 8.42. The van der Waals surface area contributed by atoms with Crippen molar-refractivity contribution in [1.82, 2.24) is 15.3 Å². The summed E-state index contributed by atoms with van der Waals surface area (Å²) in [6.45, 7) is 6.15. The SMILES string of the molecule is COCCNc1cnc(C(=O)NCCC(C)C)cn1. The highest BCUT2D eigenvalue weighted by molar-refractivity contribution is 5.91. The number of aromatic nitrogens is 2. The summed E-state index contributed by atoms with van der Waals surface area (Å²) < 4.78 is 4.91. The lowest BCUT2D eigenvalue weighted by Crippen LogP contribution is -2.26. The Bertz CT molecular complexity index is 379. The summed E-state index contributed by atoms with van der Waals surface area (Å²) in [6.07, 6.45) is 3.97. The highest BCUT2D eigenvalue weighted by Gasteiger charge is 2.07. The molecule has 0 atom stereocenters. The number of carbonyl (C=O) groups is 1. The second-order valence-corrected chi connectivity index (χ2v) is 4.64. The lowest BCUT2D eigenvalue weighted by Gasteiger charge is -2.07. The quantitative estimate of drug-likeness (QED) is 0.694. The molecule has 0 bridgehead atoms. The third-order valence-electron chi connectivity index (χ3n) is 2.50. The predicted molar refractivity (Wildman–Crippen MR) is 74.2 cm³/mol. The van der Waals surface area contributed by atoms with Gasteiger partial charge in [-0.2, -0.15) is 0 Å². The Morgan fingerprint density at radius 2 is 2.11 bits per heavy atom. The number of rotatable bonds is 8. The summed E-state index contributed by atoms with van der Waals surface area (Å²) in [5.41, 5.74) is 0.334. The van der Waals surface area contributed by atoms with Gasteiger partial charge in [-0.05, 0) is 12.3 Å². The first kappa shape index (κ1) is 15.4. The molecular formula is C13H22N4O2. The van der Waals surface area contributed by atoms with Gasteiger partial charge in [-0.1, -0.05) is 13.8 Å². The number of methoxy groups -OCH3 is 1. The van der Waals surface area contributed by atoms with Crippen molar-refractivity contribution in [3.05, 3.63) is 18.1 Å². The van der Waals surface area contributed by atoms with Crippen LogP contribution >= 0.6 is 0 Å². The summed E-state index contributed by atoms with van der Waals surface area (Å²) in [5, 5.41) is 5.86. The number of anilines is 1. The highest BCUT2D eigenvalue weighted by Crippen LogP contribution is 2.01. The van der Waals surface area contributed by atoms with Crippen molar-refractivity contribution in [3.8, 4) is 0 Å². The molecule has 1 amide bonds. The molecule has 0 fully saturated rings. The van der Waals surface area contributed by atoms with E-state index in [1.165, 1.54) is 6.20 Å². The van der Waals surface area contributed by atoms with Crippen molar-refractivity contribution in [1.29, 1.82) is 0 Å². The smallest absolute Gasteiger partial charge is 0.271 e. The lowest BCUT2D eigenvalue weighted by atomic mass is 10.1. The third-order valence-corrected chi connectivity index (χ3v) is 2.50. The number of ether oxygens (including phenoxy) is 1. The zero-order valence-corrected chi connectivity index (χ0v) is 11.8. The van der Waals surface area contributed by atoms with E-state index in [0.29, 0.717) is 37.1 Å². The Kier molecular flexibility index (Phi) is 6.81. The van der Waals surface area contributed by atoms with E-state index >= 15 is 0 Å². The van der Waals surface area contributed by atoms with E-state index < -0.39 is 0 Å². The molecule has 6 nitrogen and oxygen atoms in total. The van der Waals surface area contributed by atoms with Crippen LogP contribution in [-0.4, -0.2) is 42.7 Å². The molecule has 0 radical (unpaired) electrons. The average Bonchev–Trinajstić information content (AvgIpc) is 2.39. The van der Waals surface area contributed by atoms with E-state index in [0.717, 1.165) is 6.42 Å². The maximum atomic E-state index is 11.7. The van der Waals surface area contributed by atoms with E-state index in [1.807, 2.05) is 0 Å². The Morgan fingerprint density at radius 1 is 1.32 bits per heavy atom. The molecule has 0 unspecified atom stereocenters. The molecule has 0 spiro atoms. The van der Waals surface area contributed by atoms with Gasteiger partial charge < -0.3 is 15.4 Å². The first-order valence-corrected chi connectivity index (χ1v) is 6.46. The van der Waals surface area contributed by atoms with Crippen LogP contribution in [0.25, 0.3) is 0 Å². The number of hydrogen-bond acceptors (Lipinski definition) is 5. The molecule has 1 aromatic heterocycles. The summed E-state index contributed by atoms with van der Waals surface area (Å²) in [6, 6.07) is 0. The van der Waals surface area contributed by atoms with E-state index in [9.17, 15) is 4.79 Å². The topological polar surface area (TPSA) is 76.1 Å². The van der Waals surface area contributed by atoms with Crippen molar-refractivity contribution in [2.45, 2.75) is 20.3 Å². The molecule has 106 valence electrons. The number of amides is 1. The van der Waals surface area contributed by atoms with Crippen LogP contribution in [0.1, 0.15) is 30.8 Å². The van der Waals surface area contributed by atoms with E-state index in [2.05, 4.69) is 34.4 Å². The van der Waals surface area contributed by atoms with Gasteiger partial charge in [0.2, 0.25) is 0 Å². The average molecular weight is 266 g/mol. The van der Waals surface area contributed by atoms with E-state index in [4.69, 9.17) is 4.74 Å². The third kappa shape index (κ3) is 6.15. The molecule has 19 heavy (non-hydrogen) atoms. The normalized spacial score (nSPS) is 10.5. The highest BCUT2D eigenvalue weighted by atomic mass is 16.5. The van der Waals surface area contributed by atoms with Crippen molar-refractivity contribution in [2.24, 2.45) is 5.92 Å². The molecule has 0 aromatic carbocycles. The van der Waals surface area contributed by atoms with Crippen LogP contribution < -0.4 is 10.6 Å². The molecule has 0 saturated heterocycles. The van der Waals surface area contributed by atoms with Crippen molar-refractivity contribution in [3.63, 3.8) is 0 Å². The summed E-state index contributed by atoms with van der Waals surface area (Å²) in [5.74, 6) is 1.02. The van der Waals surface area contributed by atoms with Gasteiger partial charge >= 0.3 is 0 Å². The molecular weight excluding hydrogens is 244 g/mol. The fraction of sp³-hybridized carbons (Fsp3) is 0.615. The Balaban J connectivity index is 2.39. The van der Waals surface area contributed by atoms with Gasteiger partial charge in [0.25, 0.3) is 5.91 Å². The van der Waals surface area contributed by atoms with Crippen molar-refractivity contribution >= 4 is 11.7 Å². The monoisotopic (exact) mass is 266 g/mol. The fourth-order valence-electron chi connectivity index (χ4n) is 1.38. The Morgan fingerprint density at radius 3 is 2.68 bits per heavy atom.